The van der Waals surface area contributed by atoms with Crippen molar-refractivity contribution in [2.75, 3.05) is 0 Å². The Labute approximate surface area is 143 Å². The first kappa shape index (κ1) is 15.9. The van der Waals surface area contributed by atoms with Crippen LogP contribution in [0.5, 0.6) is 0 Å². The molecule has 0 fully saturated rings. The predicted octanol–water partition coefficient (Wildman–Crippen LogP) is 5.37. The Bertz CT molecular complexity index is 820. The summed E-state index contributed by atoms with van der Waals surface area (Å²) in [5.74, 6) is -0.355. The number of halogens is 3. The minimum absolute atomic E-state index is 0.355. The summed E-state index contributed by atoms with van der Waals surface area (Å²) in [5, 5.41) is 1.12. The van der Waals surface area contributed by atoms with Gasteiger partial charge in [-0.3, -0.25) is 9.97 Å². The molecule has 2 aromatic heterocycles. The third kappa shape index (κ3) is 4.06. The fourth-order valence-corrected chi connectivity index (χ4v) is 2.60. The number of rotatable bonds is 4. The third-order valence-electron chi connectivity index (χ3n) is 3.52. The highest BCUT2D eigenvalue weighted by atomic mass is 35.5. The summed E-state index contributed by atoms with van der Waals surface area (Å²) in [4.78, 5) is 8.28. The van der Waals surface area contributed by atoms with E-state index < -0.39 is 0 Å². The second-order valence-corrected chi connectivity index (χ2v) is 5.99. The zero-order valence-electron chi connectivity index (χ0n) is 12.1. The molecule has 2 heterocycles. The summed E-state index contributed by atoms with van der Waals surface area (Å²) < 4.78 is 13.2. The van der Waals surface area contributed by atoms with Gasteiger partial charge in [-0.1, -0.05) is 35.3 Å². The molecule has 0 unspecified atom stereocenters. The van der Waals surface area contributed by atoms with Crippen molar-refractivity contribution in [3.8, 4) is 11.1 Å². The summed E-state index contributed by atoms with van der Waals surface area (Å²) in [6.45, 7) is 0. The van der Waals surface area contributed by atoms with Gasteiger partial charge in [0.05, 0.1) is 16.2 Å². The van der Waals surface area contributed by atoms with Gasteiger partial charge in [-0.05, 0) is 42.7 Å². The van der Waals surface area contributed by atoms with Gasteiger partial charge in [-0.2, -0.15) is 0 Å². The van der Waals surface area contributed by atoms with Crippen LogP contribution in [0.2, 0.25) is 10.0 Å². The molecule has 0 bridgehead atoms. The molecule has 1 aromatic carbocycles. The minimum atomic E-state index is -0.355. The van der Waals surface area contributed by atoms with Crippen molar-refractivity contribution >= 4 is 23.2 Å². The number of pyridine rings is 2. The number of nitrogens with zero attached hydrogens (tertiary/aromatic N) is 2. The van der Waals surface area contributed by atoms with Crippen molar-refractivity contribution in [2.24, 2.45) is 0 Å². The fourth-order valence-electron chi connectivity index (χ4n) is 2.28. The maximum atomic E-state index is 13.2. The van der Waals surface area contributed by atoms with Gasteiger partial charge in [-0.15, -0.1) is 0 Å². The summed E-state index contributed by atoms with van der Waals surface area (Å²) in [6.07, 6.45) is 6.16. The average Bonchev–Trinajstić information content (AvgIpc) is 2.56. The standard InChI is InChI=1S/C18H13Cl2FN2/c19-17-6-2-12(7-18(17)20)1-4-16-5-3-13(10-23-16)14-8-15(21)11-22-9-14/h2-3,5-11H,1,4H2. The predicted molar refractivity (Wildman–Crippen MR) is 91.3 cm³/mol. The molecule has 0 saturated carbocycles. The van der Waals surface area contributed by atoms with E-state index in [1.807, 2.05) is 24.3 Å². The van der Waals surface area contributed by atoms with Crippen LogP contribution in [0.25, 0.3) is 11.1 Å². The smallest absolute Gasteiger partial charge is 0.142 e. The Morgan fingerprint density at radius 2 is 1.70 bits per heavy atom. The van der Waals surface area contributed by atoms with Gasteiger partial charge < -0.3 is 0 Å². The topological polar surface area (TPSA) is 25.8 Å². The molecule has 0 aliphatic heterocycles. The van der Waals surface area contributed by atoms with Crippen LogP contribution in [0.15, 0.2) is 55.0 Å². The summed E-state index contributed by atoms with van der Waals surface area (Å²) in [7, 11) is 0. The molecule has 2 nitrogen and oxygen atoms in total. The lowest BCUT2D eigenvalue weighted by molar-refractivity contribution is 0.622. The van der Waals surface area contributed by atoms with Crippen LogP contribution in [0.4, 0.5) is 4.39 Å². The zero-order valence-corrected chi connectivity index (χ0v) is 13.7. The van der Waals surface area contributed by atoms with Gasteiger partial charge in [0, 0.05) is 29.2 Å². The van der Waals surface area contributed by atoms with Crippen LogP contribution in [0.1, 0.15) is 11.3 Å². The van der Waals surface area contributed by atoms with Crippen molar-refractivity contribution in [3.05, 3.63) is 82.1 Å². The normalized spacial score (nSPS) is 10.7. The molecule has 116 valence electrons. The quantitative estimate of drug-likeness (QED) is 0.634. The summed E-state index contributed by atoms with van der Waals surface area (Å²) >= 11 is 11.9. The first-order valence-electron chi connectivity index (χ1n) is 7.11. The first-order chi connectivity index (χ1) is 11.1. The van der Waals surface area contributed by atoms with E-state index in [4.69, 9.17) is 23.2 Å². The second-order valence-electron chi connectivity index (χ2n) is 5.18. The lowest BCUT2D eigenvalue weighted by atomic mass is 10.1. The van der Waals surface area contributed by atoms with Gasteiger partial charge in [0.1, 0.15) is 5.82 Å². The number of aromatic nitrogens is 2. The van der Waals surface area contributed by atoms with Gasteiger partial charge in [0.25, 0.3) is 0 Å². The van der Waals surface area contributed by atoms with Crippen LogP contribution in [-0.2, 0) is 12.8 Å². The lowest BCUT2D eigenvalue weighted by Gasteiger charge is -2.05. The maximum absolute atomic E-state index is 13.2. The van der Waals surface area contributed by atoms with Crippen LogP contribution in [0.3, 0.4) is 0 Å². The van der Waals surface area contributed by atoms with Crippen LogP contribution >= 0.6 is 23.2 Å². The lowest BCUT2D eigenvalue weighted by Crippen LogP contribution is -1.95. The largest absolute Gasteiger partial charge is 0.261 e. The van der Waals surface area contributed by atoms with Crippen LogP contribution in [-0.4, -0.2) is 9.97 Å². The van der Waals surface area contributed by atoms with Crippen molar-refractivity contribution < 1.29 is 4.39 Å². The van der Waals surface area contributed by atoms with Crippen LogP contribution < -0.4 is 0 Å². The number of aryl methyl sites for hydroxylation is 2. The van der Waals surface area contributed by atoms with Crippen molar-refractivity contribution in [1.29, 1.82) is 0 Å². The van der Waals surface area contributed by atoms with Gasteiger partial charge >= 0.3 is 0 Å². The van der Waals surface area contributed by atoms with Gasteiger partial charge in [0.2, 0.25) is 0 Å². The molecule has 0 aliphatic rings. The molecule has 5 heteroatoms. The number of benzene rings is 1. The Hall–Kier alpha value is -1.97. The first-order valence-corrected chi connectivity index (χ1v) is 7.87. The molecule has 0 spiro atoms. The highest BCUT2D eigenvalue weighted by molar-refractivity contribution is 6.42. The fraction of sp³-hybridized carbons (Fsp3) is 0.111. The Morgan fingerprint density at radius 1 is 0.826 bits per heavy atom. The molecule has 0 aliphatic carbocycles. The SMILES string of the molecule is Fc1cncc(-c2ccc(CCc3ccc(Cl)c(Cl)c3)nc2)c1. The van der Waals surface area contributed by atoms with E-state index in [-0.39, 0.29) is 5.82 Å². The highest BCUT2D eigenvalue weighted by Gasteiger charge is 2.04. The molecule has 3 aromatic rings. The maximum Gasteiger partial charge on any atom is 0.142 e. The van der Waals surface area contributed by atoms with E-state index >= 15 is 0 Å². The average molecular weight is 347 g/mol. The van der Waals surface area contributed by atoms with E-state index in [9.17, 15) is 4.39 Å². The van der Waals surface area contributed by atoms with Crippen molar-refractivity contribution in [1.82, 2.24) is 9.97 Å². The molecule has 23 heavy (non-hydrogen) atoms. The van der Waals surface area contributed by atoms with E-state index in [0.29, 0.717) is 15.6 Å². The van der Waals surface area contributed by atoms with E-state index in [2.05, 4.69) is 9.97 Å². The molecule has 0 radical (unpaired) electrons. The molecule has 0 saturated heterocycles. The Balaban J connectivity index is 1.69. The minimum Gasteiger partial charge on any atom is -0.261 e. The zero-order chi connectivity index (χ0) is 16.2. The third-order valence-corrected chi connectivity index (χ3v) is 4.26. The van der Waals surface area contributed by atoms with E-state index in [0.717, 1.165) is 29.7 Å². The molecular formula is C18H13Cl2FN2. The Kier molecular flexibility index (Phi) is 4.89. The molecular weight excluding hydrogens is 334 g/mol. The molecule has 0 N–H and O–H groups in total. The van der Waals surface area contributed by atoms with Crippen molar-refractivity contribution in [2.45, 2.75) is 12.8 Å². The van der Waals surface area contributed by atoms with E-state index in [1.54, 1.807) is 18.5 Å². The van der Waals surface area contributed by atoms with Crippen LogP contribution in [0, 0.1) is 5.82 Å². The molecule has 0 amide bonds. The van der Waals surface area contributed by atoms with Gasteiger partial charge in [-0.25, -0.2) is 4.39 Å². The Morgan fingerprint density at radius 3 is 2.39 bits per heavy atom. The van der Waals surface area contributed by atoms with Gasteiger partial charge in [0.15, 0.2) is 0 Å². The monoisotopic (exact) mass is 346 g/mol. The highest BCUT2D eigenvalue weighted by Crippen LogP contribution is 2.23. The summed E-state index contributed by atoms with van der Waals surface area (Å²) in [5.41, 5.74) is 3.63. The number of hydrogen-bond donors (Lipinski definition) is 0. The van der Waals surface area contributed by atoms with E-state index in [1.165, 1.54) is 12.3 Å². The molecule has 0 atom stereocenters. The van der Waals surface area contributed by atoms with Crippen molar-refractivity contribution in [3.63, 3.8) is 0 Å². The number of hydrogen-bond acceptors (Lipinski definition) is 2. The second kappa shape index (κ2) is 7.07. The molecule has 3 rings (SSSR count). The summed E-state index contributed by atoms with van der Waals surface area (Å²) in [6, 6.07) is 10.9.